The number of rotatable bonds is 3. The number of nitrogens with one attached hydrogen (secondary N) is 1. The van der Waals surface area contributed by atoms with Crippen LogP contribution in [0.15, 0.2) is 4.90 Å². The van der Waals surface area contributed by atoms with Gasteiger partial charge in [-0.15, -0.1) is 12.4 Å². The van der Waals surface area contributed by atoms with Gasteiger partial charge in [-0.2, -0.15) is 0 Å². The molecule has 1 saturated carbocycles. The first-order valence-corrected chi connectivity index (χ1v) is 9.48. The summed E-state index contributed by atoms with van der Waals surface area (Å²) < 4.78 is 28.7. The van der Waals surface area contributed by atoms with Crippen LogP contribution >= 0.6 is 12.4 Å². The molecule has 0 atom stereocenters. The van der Waals surface area contributed by atoms with Gasteiger partial charge >= 0.3 is 0 Å². The highest BCUT2D eigenvalue weighted by Gasteiger charge is 2.28. The van der Waals surface area contributed by atoms with Gasteiger partial charge in [0.05, 0.1) is 4.90 Å². The number of hydrogen-bond donors (Lipinski definition) is 2. The SMILES string of the molecule is Cc1c(C)c(C)c(S(=O)(=O)NC2CCC(N)CC2)c(C)c1C.Cl. The molecule has 0 saturated heterocycles. The monoisotopic (exact) mass is 360 g/mol. The van der Waals surface area contributed by atoms with E-state index in [1.807, 2.05) is 27.7 Å². The third-order valence-electron chi connectivity index (χ3n) is 5.29. The summed E-state index contributed by atoms with van der Waals surface area (Å²) in [7, 11) is -3.49. The first-order chi connectivity index (χ1) is 10.1. The van der Waals surface area contributed by atoms with Gasteiger partial charge in [0, 0.05) is 12.1 Å². The van der Waals surface area contributed by atoms with Crippen molar-refractivity contribution >= 4 is 22.4 Å². The number of nitrogens with two attached hydrogens (primary N) is 1. The first-order valence-electron chi connectivity index (χ1n) is 8.00. The molecule has 1 aromatic carbocycles. The average molecular weight is 361 g/mol. The fourth-order valence-corrected chi connectivity index (χ4v) is 5.29. The molecule has 2 rings (SSSR count). The van der Waals surface area contributed by atoms with Crippen LogP contribution in [0.25, 0.3) is 0 Å². The smallest absolute Gasteiger partial charge is 0.241 e. The van der Waals surface area contributed by atoms with E-state index in [-0.39, 0.29) is 24.5 Å². The molecule has 0 amide bonds. The molecule has 1 aliphatic rings. The van der Waals surface area contributed by atoms with Crippen LogP contribution in [0.3, 0.4) is 0 Å². The molecule has 1 fully saturated rings. The second-order valence-electron chi connectivity index (χ2n) is 6.69. The average Bonchev–Trinajstić information content (AvgIpc) is 2.45. The molecular weight excluding hydrogens is 332 g/mol. The number of hydrogen-bond acceptors (Lipinski definition) is 3. The van der Waals surface area contributed by atoms with Gasteiger partial charge in [0.15, 0.2) is 0 Å². The van der Waals surface area contributed by atoms with Gasteiger partial charge in [0.25, 0.3) is 0 Å². The van der Waals surface area contributed by atoms with Crippen LogP contribution in [0.4, 0.5) is 0 Å². The first kappa shape index (κ1) is 20.4. The third kappa shape index (κ3) is 4.08. The van der Waals surface area contributed by atoms with E-state index in [2.05, 4.69) is 11.6 Å². The van der Waals surface area contributed by atoms with E-state index >= 15 is 0 Å². The number of sulfonamides is 1. The summed E-state index contributed by atoms with van der Waals surface area (Å²) in [5.41, 5.74) is 10.9. The van der Waals surface area contributed by atoms with Gasteiger partial charge in [-0.1, -0.05) is 0 Å². The van der Waals surface area contributed by atoms with Crippen LogP contribution in [0.2, 0.25) is 0 Å². The van der Waals surface area contributed by atoms with Crippen molar-refractivity contribution in [1.82, 2.24) is 4.72 Å². The Morgan fingerprint density at radius 2 is 1.22 bits per heavy atom. The lowest BCUT2D eigenvalue weighted by molar-refractivity contribution is 0.373. The number of halogens is 1. The fourth-order valence-electron chi connectivity index (χ4n) is 3.38. The predicted octanol–water partition coefficient (Wildman–Crippen LogP) is 3.20. The van der Waals surface area contributed by atoms with Crippen molar-refractivity contribution in [3.63, 3.8) is 0 Å². The molecule has 4 nitrogen and oxygen atoms in total. The molecule has 0 aliphatic heterocycles. The van der Waals surface area contributed by atoms with Crippen LogP contribution < -0.4 is 10.5 Å². The molecule has 6 heteroatoms. The van der Waals surface area contributed by atoms with Gasteiger partial charge in [-0.25, -0.2) is 13.1 Å². The van der Waals surface area contributed by atoms with E-state index in [1.54, 1.807) is 0 Å². The Morgan fingerprint density at radius 1 is 0.826 bits per heavy atom. The van der Waals surface area contributed by atoms with Crippen molar-refractivity contribution in [2.45, 2.75) is 77.3 Å². The van der Waals surface area contributed by atoms with Gasteiger partial charge in [-0.05, 0) is 88.1 Å². The van der Waals surface area contributed by atoms with Crippen molar-refractivity contribution in [2.75, 3.05) is 0 Å². The Morgan fingerprint density at radius 3 is 1.65 bits per heavy atom. The molecule has 0 aromatic heterocycles. The van der Waals surface area contributed by atoms with Gasteiger partial charge < -0.3 is 5.73 Å². The third-order valence-corrected chi connectivity index (χ3v) is 7.09. The summed E-state index contributed by atoms with van der Waals surface area (Å²) >= 11 is 0. The van der Waals surface area contributed by atoms with Crippen molar-refractivity contribution in [3.8, 4) is 0 Å². The molecule has 0 unspecified atom stereocenters. The van der Waals surface area contributed by atoms with Gasteiger partial charge in [0.2, 0.25) is 10.0 Å². The minimum absolute atomic E-state index is 0. The highest BCUT2D eigenvalue weighted by Crippen LogP contribution is 2.30. The molecule has 1 aromatic rings. The predicted molar refractivity (Wildman–Crippen MR) is 97.9 cm³/mol. The second-order valence-corrected chi connectivity index (χ2v) is 8.34. The summed E-state index contributed by atoms with van der Waals surface area (Å²) in [5, 5.41) is 0. The topological polar surface area (TPSA) is 72.2 Å². The van der Waals surface area contributed by atoms with E-state index < -0.39 is 10.0 Å². The molecule has 0 radical (unpaired) electrons. The summed E-state index contributed by atoms with van der Waals surface area (Å²) in [6.45, 7) is 9.85. The van der Waals surface area contributed by atoms with Gasteiger partial charge in [-0.3, -0.25) is 0 Å². The maximum Gasteiger partial charge on any atom is 0.241 e. The Kier molecular flexibility index (Phi) is 6.67. The minimum Gasteiger partial charge on any atom is -0.328 e. The van der Waals surface area contributed by atoms with E-state index in [0.29, 0.717) is 4.90 Å². The standard InChI is InChI=1S/C17H28N2O2S.ClH/c1-10-11(2)13(4)17(14(5)12(10)3)22(20,21)19-16-8-6-15(18)7-9-16;/h15-16,19H,6-9,18H2,1-5H3;1H. The Balaban J connectivity index is 0.00000264. The lowest BCUT2D eigenvalue weighted by Crippen LogP contribution is -2.40. The quantitative estimate of drug-likeness (QED) is 0.869. The summed E-state index contributed by atoms with van der Waals surface area (Å²) in [5.74, 6) is 0. The highest BCUT2D eigenvalue weighted by atomic mass is 35.5. The lowest BCUT2D eigenvalue weighted by atomic mass is 9.93. The summed E-state index contributed by atoms with van der Waals surface area (Å²) in [6.07, 6.45) is 3.42. The van der Waals surface area contributed by atoms with Crippen LogP contribution in [0.1, 0.15) is 53.5 Å². The minimum atomic E-state index is -3.49. The molecule has 23 heavy (non-hydrogen) atoms. The van der Waals surface area contributed by atoms with E-state index in [9.17, 15) is 8.42 Å². The zero-order chi connectivity index (χ0) is 16.7. The van der Waals surface area contributed by atoms with E-state index in [1.165, 1.54) is 5.56 Å². The zero-order valence-electron chi connectivity index (χ0n) is 14.7. The molecule has 0 spiro atoms. The van der Waals surface area contributed by atoms with Crippen LogP contribution in [-0.2, 0) is 10.0 Å². The Hall–Kier alpha value is -0.620. The molecule has 3 N–H and O–H groups in total. The van der Waals surface area contributed by atoms with Crippen LogP contribution in [0.5, 0.6) is 0 Å². The second kappa shape index (κ2) is 7.51. The maximum absolute atomic E-state index is 12.9. The summed E-state index contributed by atoms with van der Waals surface area (Å²) in [6, 6.07) is 0.221. The molecule has 132 valence electrons. The molecular formula is C17H29ClN2O2S. The Labute approximate surface area is 146 Å². The van der Waals surface area contributed by atoms with E-state index in [0.717, 1.165) is 47.9 Å². The zero-order valence-corrected chi connectivity index (χ0v) is 16.3. The Bertz CT molecular complexity index is 649. The van der Waals surface area contributed by atoms with Crippen molar-refractivity contribution < 1.29 is 8.42 Å². The highest BCUT2D eigenvalue weighted by molar-refractivity contribution is 7.89. The van der Waals surface area contributed by atoms with Crippen molar-refractivity contribution in [1.29, 1.82) is 0 Å². The molecule has 0 heterocycles. The summed E-state index contributed by atoms with van der Waals surface area (Å²) in [4.78, 5) is 0.461. The fraction of sp³-hybridized carbons (Fsp3) is 0.647. The largest absolute Gasteiger partial charge is 0.328 e. The lowest BCUT2D eigenvalue weighted by Gasteiger charge is -2.28. The number of benzene rings is 1. The maximum atomic E-state index is 12.9. The molecule has 1 aliphatic carbocycles. The van der Waals surface area contributed by atoms with E-state index in [4.69, 9.17) is 5.73 Å². The normalized spacial score (nSPS) is 21.8. The molecule has 0 bridgehead atoms. The van der Waals surface area contributed by atoms with Crippen molar-refractivity contribution in [3.05, 3.63) is 27.8 Å². The van der Waals surface area contributed by atoms with Crippen LogP contribution in [0, 0.1) is 34.6 Å². The van der Waals surface area contributed by atoms with Crippen molar-refractivity contribution in [2.24, 2.45) is 5.73 Å². The van der Waals surface area contributed by atoms with Crippen LogP contribution in [-0.4, -0.2) is 20.5 Å². The van der Waals surface area contributed by atoms with Gasteiger partial charge in [0.1, 0.15) is 0 Å².